The molecule has 2 heterocycles. The second-order valence-corrected chi connectivity index (χ2v) is 5.46. The second-order valence-electron chi connectivity index (χ2n) is 5.06. The fourth-order valence-electron chi connectivity index (χ4n) is 2.71. The first kappa shape index (κ1) is 12.7. The summed E-state index contributed by atoms with van der Waals surface area (Å²) < 4.78 is 16.4. The van der Waals surface area contributed by atoms with Crippen LogP contribution in [0.1, 0.15) is 18.0 Å². The van der Waals surface area contributed by atoms with Crippen LogP contribution in [0.25, 0.3) is 0 Å². The van der Waals surface area contributed by atoms with Crippen LogP contribution < -0.4 is 19.5 Å². The molecule has 4 nitrogen and oxygen atoms in total. The van der Waals surface area contributed by atoms with Gasteiger partial charge in [-0.05, 0) is 6.07 Å². The van der Waals surface area contributed by atoms with Gasteiger partial charge in [-0.3, -0.25) is 0 Å². The third-order valence-electron chi connectivity index (χ3n) is 3.75. The molecule has 108 valence electrons. The number of fused-ring (bicyclic) bond motifs is 2. The van der Waals surface area contributed by atoms with Crippen molar-refractivity contribution < 1.29 is 14.2 Å². The van der Waals surface area contributed by atoms with E-state index in [-0.39, 0.29) is 12.8 Å². The highest BCUT2D eigenvalue weighted by Crippen LogP contribution is 2.42. The molecule has 1 N–H and O–H groups in total. The third kappa shape index (κ3) is 2.25. The first-order valence-electron chi connectivity index (χ1n) is 6.89. The molecule has 0 amide bonds. The summed E-state index contributed by atoms with van der Waals surface area (Å²) in [5.74, 6) is 2.35. The monoisotopic (exact) mass is 303 g/mol. The largest absolute Gasteiger partial charge is 0.493 e. The van der Waals surface area contributed by atoms with Crippen molar-refractivity contribution in [2.75, 3.05) is 18.7 Å². The molecule has 2 aliphatic heterocycles. The summed E-state index contributed by atoms with van der Waals surface area (Å²) in [4.78, 5) is 0. The van der Waals surface area contributed by atoms with E-state index < -0.39 is 0 Å². The van der Waals surface area contributed by atoms with Gasteiger partial charge in [0, 0.05) is 24.1 Å². The number of halogens is 1. The fourth-order valence-corrected chi connectivity index (χ4v) is 2.92. The SMILES string of the molecule is Clc1cc2c(cc1NC1CCOc3ccccc31)OCO2. The lowest BCUT2D eigenvalue weighted by Gasteiger charge is -2.27. The maximum absolute atomic E-state index is 6.32. The van der Waals surface area contributed by atoms with E-state index in [4.69, 9.17) is 25.8 Å². The summed E-state index contributed by atoms with van der Waals surface area (Å²) in [6.07, 6.45) is 0.891. The van der Waals surface area contributed by atoms with E-state index in [1.807, 2.05) is 24.3 Å². The molecular formula is C16H14ClNO3. The summed E-state index contributed by atoms with van der Waals surface area (Å²) >= 11 is 6.32. The summed E-state index contributed by atoms with van der Waals surface area (Å²) in [5, 5.41) is 4.12. The molecule has 2 aromatic rings. The number of nitrogens with one attached hydrogen (secondary N) is 1. The molecule has 2 aliphatic rings. The van der Waals surface area contributed by atoms with Gasteiger partial charge < -0.3 is 19.5 Å². The highest BCUT2D eigenvalue weighted by atomic mass is 35.5. The van der Waals surface area contributed by atoms with Gasteiger partial charge in [-0.1, -0.05) is 29.8 Å². The lowest BCUT2D eigenvalue weighted by atomic mass is 10.0. The predicted molar refractivity (Wildman–Crippen MR) is 80.5 cm³/mol. The maximum atomic E-state index is 6.32. The molecule has 0 spiro atoms. The summed E-state index contributed by atoms with van der Waals surface area (Å²) in [6, 6.07) is 11.9. The van der Waals surface area contributed by atoms with Gasteiger partial charge >= 0.3 is 0 Å². The van der Waals surface area contributed by atoms with E-state index in [0.29, 0.717) is 17.4 Å². The van der Waals surface area contributed by atoms with Crippen molar-refractivity contribution in [1.29, 1.82) is 0 Å². The molecule has 5 heteroatoms. The highest BCUT2D eigenvalue weighted by molar-refractivity contribution is 6.33. The van der Waals surface area contributed by atoms with Gasteiger partial charge in [0.1, 0.15) is 5.75 Å². The minimum absolute atomic E-state index is 0.174. The molecule has 0 fully saturated rings. The number of benzene rings is 2. The van der Waals surface area contributed by atoms with Crippen LogP contribution in [-0.4, -0.2) is 13.4 Å². The Bertz CT molecular complexity index is 689. The Morgan fingerprint density at radius 3 is 2.71 bits per heavy atom. The van der Waals surface area contributed by atoms with Crippen molar-refractivity contribution in [1.82, 2.24) is 0 Å². The number of hydrogen-bond acceptors (Lipinski definition) is 4. The second kappa shape index (κ2) is 5.04. The van der Waals surface area contributed by atoms with Crippen LogP contribution in [0.2, 0.25) is 5.02 Å². The molecular weight excluding hydrogens is 290 g/mol. The van der Waals surface area contributed by atoms with Crippen LogP contribution in [0.5, 0.6) is 17.2 Å². The molecule has 1 unspecified atom stereocenters. The number of rotatable bonds is 2. The average Bonchev–Trinajstić information content (AvgIpc) is 2.95. The van der Waals surface area contributed by atoms with Gasteiger partial charge in [-0.25, -0.2) is 0 Å². The molecule has 0 saturated carbocycles. The van der Waals surface area contributed by atoms with Gasteiger partial charge in [-0.2, -0.15) is 0 Å². The van der Waals surface area contributed by atoms with Crippen molar-refractivity contribution in [3.8, 4) is 17.2 Å². The average molecular weight is 304 g/mol. The lowest BCUT2D eigenvalue weighted by molar-refractivity contribution is 0.174. The summed E-state index contributed by atoms with van der Waals surface area (Å²) in [7, 11) is 0. The summed E-state index contributed by atoms with van der Waals surface area (Å²) in [6.45, 7) is 0.937. The van der Waals surface area contributed by atoms with Crippen molar-refractivity contribution in [2.24, 2.45) is 0 Å². The molecule has 21 heavy (non-hydrogen) atoms. The number of ether oxygens (including phenoxy) is 3. The Balaban J connectivity index is 1.65. The lowest BCUT2D eigenvalue weighted by Crippen LogP contribution is -2.20. The van der Waals surface area contributed by atoms with E-state index in [1.54, 1.807) is 6.07 Å². The quantitative estimate of drug-likeness (QED) is 0.910. The number of anilines is 1. The van der Waals surface area contributed by atoms with E-state index in [2.05, 4.69) is 11.4 Å². The van der Waals surface area contributed by atoms with Crippen LogP contribution in [0.3, 0.4) is 0 Å². The number of hydrogen-bond donors (Lipinski definition) is 1. The predicted octanol–water partition coefficient (Wildman–Crippen LogP) is 4.00. The number of para-hydroxylation sites is 1. The molecule has 4 rings (SSSR count). The van der Waals surface area contributed by atoms with Gasteiger partial charge in [0.05, 0.1) is 23.4 Å². The van der Waals surface area contributed by atoms with E-state index >= 15 is 0 Å². The van der Waals surface area contributed by atoms with Crippen LogP contribution in [0, 0.1) is 0 Å². The minimum atomic E-state index is 0.174. The molecule has 0 bridgehead atoms. The van der Waals surface area contributed by atoms with Crippen molar-refractivity contribution in [3.63, 3.8) is 0 Å². The van der Waals surface area contributed by atoms with Crippen LogP contribution >= 0.6 is 11.6 Å². The Labute approximate surface area is 127 Å². The molecule has 0 aliphatic carbocycles. The zero-order chi connectivity index (χ0) is 14.2. The van der Waals surface area contributed by atoms with Crippen LogP contribution in [-0.2, 0) is 0 Å². The van der Waals surface area contributed by atoms with E-state index in [1.165, 1.54) is 0 Å². The normalized spacial score (nSPS) is 18.8. The maximum Gasteiger partial charge on any atom is 0.231 e. The van der Waals surface area contributed by atoms with E-state index in [9.17, 15) is 0 Å². The zero-order valence-electron chi connectivity index (χ0n) is 11.3. The topological polar surface area (TPSA) is 39.7 Å². The van der Waals surface area contributed by atoms with Gasteiger partial charge in [0.15, 0.2) is 11.5 Å². The van der Waals surface area contributed by atoms with Crippen LogP contribution in [0.15, 0.2) is 36.4 Å². The van der Waals surface area contributed by atoms with Crippen molar-refractivity contribution >= 4 is 17.3 Å². The minimum Gasteiger partial charge on any atom is -0.493 e. The Kier molecular flexibility index (Phi) is 3.04. The van der Waals surface area contributed by atoms with Crippen molar-refractivity contribution in [2.45, 2.75) is 12.5 Å². The molecule has 0 saturated heterocycles. The Morgan fingerprint density at radius 1 is 1.00 bits per heavy atom. The van der Waals surface area contributed by atoms with Crippen molar-refractivity contribution in [3.05, 3.63) is 47.0 Å². The molecule has 1 atom stereocenters. The molecule has 0 radical (unpaired) electrons. The van der Waals surface area contributed by atoms with Gasteiger partial charge in [0.2, 0.25) is 6.79 Å². The smallest absolute Gasteiger partial charge is 0.231 e. The van der Waals surface area contributed by atoms with Gasteiger partial charge in [-0.15, -0.1) is 0 Å². The first-order valence-corrected chi connectivity index (χ1v) is 7.26. The van der Waals surface area contributed by atoms with E-state index in [0.717, 1.165) is 29.2 Å². The zero-order valence-corrected chi connectivity index (χ0v) is 12.0. The standard InChI is InChI=1S/C16H14ClNO3/c17-11-7-15-16(21-9-20-15)8-13(11)18-12-5-6-19-14-4-2-1-3-10(12)14/h1-4,7-8,12,18H,5-6,9H2. The Morgan fingerprint density at radius 2 is 1.81 bits per heavy atom. The Hall–Kier alpha value is -2.07. The molecule has 2 aromatic carbocycles. The van der Waals surface area contributed by atoms with Crippen LogP contribution in [0.4, 0.5) is 5.69 Å². The van der Waals surface area contributed by atoms with Gasteiger partial charge in [0.25, 0.3) is 0 Å². The highest BCUT2D eigenvalue weighted by Gasteiger charge is 2.23. The summed E-state index contributed by atoms with van der Waals surface area (Å²) in [5.41, 5.74) is 2.00. The molecule has 0 aromatic heterocycles. The fraction of sp³-hybridized carbons (Fsp3) is 0.250. The third-order valence-corrected chi connectivity index (χ3v) is 4.06. The first-order chi connectivity index (χ1) is 10.3.